The smallest absolute Gasteiger partial charge is 0.254 e. The second-order valence-corrected chi connectivity index (χ2v) is 9.39. The van der Waals surface area contributed by atoms with Gasteiger partial charge in [-0.25, -0.2) is 0 Å². The van der Waals surface area contributed by atoms with Crippen LogP contribution in [0.5, 0.6) is 17.2 Å². The Morgan fingerprint density at radius 3 is 2.46 bits per heavy atom. The minimum atomic E-state index is -0.663. The zero-order valence-corrected chi connectivity index (χ0v) is 21.8. The molecule has 5 rings (SSSR count). The van der Waals surface area contributed by atoms with Gasteiger partial charge in [0.25, 0.3) is 5.91 Å². The number of nitrogens with one attached hydrogen (secondary N) is 1. The van der Waals surface area contributed by atoms with E-state index in [1.807, 2.05) is 44.2 Å². The first-order valence-corrected chi connectivity index (χ1v) is 12.8. The fourth-order valence-electron chi connectivity index (χ4n) is 5.34. The maximum atomic E-state index is 14.1. The highest BCUT2D eigenvalue weighted by Gasteiger charge is 2.46. The van der Waals surface area contributed by atoms with E-state index in [4.69, 9.17) is 25.8 Å². The van der Waals surface area contributed by atoms with Crippen LogP contribution in [0.3, 0.4) is 0 Å². The first kappa shape index (κ1) is 25.0. The highest BCUT2D eigenvalue weighted by molar-refractivity contribution is 6.31. The summed E-state index contributed by atoms with van der Waals surface area (Å²) in [6.45, 7) is 5.31. The monoisotopic (exact) mass is 520 g/mol. The van der Waals surface area contributed by atoms with Crippen molar-refractivity contribution >= 4 is 29.1 Å². The molecule has 0 unspecified atom stereocenters. The number of carbonyl (C=O) groups excluding carboxylic acids is 2. The molecule has 3 aromatic rings. The van der Waals surface area contributed by atoms with Crippen molar-refractivity contribution in [2.45, 2.75) is 32.2 Å². The molecule has 0 saturated carbocycles. The van der Waals surface area contributed by atoms with E-state index in [2.05, 4.69) is 5.32 Å². The molecule has 2 atom stereocenters. The van der Waals surface area contributed by atoms with E-state index in [0.29, 0.717) is 65.3 Å². The fourth-order valence-corrected chi connectivity index (χ4v) is 5.51. The molecule has 3 aromatic carbocycles. The van der Waals surface area contributed by atoms with Crippen molar-refractivity contribution in [1.29, 1.82) is 0 Å². The molecule has 0 aromatic heterocycles. The van der Waals surface area contributed by atoms with Crippen LogP contribution >= 0.6 is 11.6 Å². The van der Waals surface area contributed by atoms with Gasteiger partial charge in [0.05, 0.1) is 38.0 Å². The lowest BCUT2D eigenvalue weighted by molar-refractivity contribution is -0.119. The summed E-state index contributed by atoms with van der Waals surface area (Å²) in [5.74, 6) is 0.774. The molecule has 2 aliphatic rings. The summed E-state index contributed by atoms with van der Waals surface area (Å²) in [7, 11) is 1.54. The summed E-state index contributed by atoms with van der Waals surface area (Å²) >= 11 is 6.22. The Labute approximate surface area is 221 Å². The molecule has 2 aliphatic heterocycles. The number of rotatable bonds is 7. The quantitative estimate of drug-likeness (QED) is 0.437. The van der Waals surface area contributed by atoms with Crippen molar-refractivity contribution in [1.82, 2.24) is 4.90 Å². The predicted molar refractivity (Wildman–Crippen MR) is 142 cm³/mol. The van der Waals surface area contributed by atoms with E-state index < -0.39 is 12.0 Å². The summed E-state index contributed by atoms with van der Waals surface area (Å²) < 4.78 is 17.2. The number of hydrogen-bond donors (Lipinski definition) is 1. The molecule has 2 amide bonds. The molecule has 0 spiro atoms. The second kappa shape index (κ2) is 10.3. The third-order valence-corrected chi connectivity index (χ3v) is 7.12. The topological polar surface area (TPSA) is 77.1 Å². The van der Waals surface area contributed by atoms with Gasteiger partial charge in [0.15, 0.2) is 11.5 Å². The van der Waals surface area contributed by atoms with Crippen LogP contribution < -0.4 is 19.5 Å². The number of hydrogen-bond acceptors (Lipinski definition) is 5. The summed E-state index contributed by atoms with van der Waals surface area (Å²) in [5, 5.41) is 3.50. The Kier molecular flexibility index (Phi) is 6.98. The number of ether oxygens (including phenoxy) is 3. The van der Waals surface area contributed by atoms with Gasteiger partial charge >= 0.3 is 0 Å². The summed E-state index contributed by atoms with van der Waals surface area (Å²) in [5.41, 5.74) is 3.62. The maximum absolute atomic E-state index is 14.1. The van der Waals surface area contributed by atoms with Crippen molar-refractivity contribution in [3.63, 3.8) is 0 Å². The van der Waals surface area contributed by atoms with Gasteiger partial charge in [-0.05, 0) is 73.4 Å². The molecule has 1 N–H and O–H groups in total. The number of fused-ring (bicyclic) bond motifs is 4. The first-order valence-electron chi connectivity index (χ1n) is 12.4. The Hall–Kier alpha value is -3.71. The highest BCUT2D eigenvalue weighted by atomic mass is 35.5. The lowest BCUT2D eigenvalue weighted by Gasteiger charge is -2.45. The average Bonchev–Trinajstić information content (AvgIpc) is 2.89. The van der Waals surface area contributed by atoms with Gasteiger partial charge in [0, 0.05) is 17.1 Å². The van der Waals surface area contributed by atoms with Gasteiger partial charge in [-0.1, -0.05) is 29.8 Å². The predicted octanol–water partition coefficient (Wildman–Crippen LogP) is 5.62. The van der Waals surface area contributed by atoms with Crippen molar-refractivity contribution in [3.05, 3.63) is 81.9 Å². The van der Waals surface area contributed by atoms with Crippen LogP contribution in [0.1, 0.15) is 52.9 Å². The minimum Gasteiger partial charge on any atom is -0.495 e. The maximum Gasteiger partial charge on any atom is 0.254 e. The van der Waals surface area contributed by atoms with Crippen LogP contribution in [0.15, 0.2) is 54.6 Å². The number of amides is 2. The standard InChI is InChI=1S/C29H29ClN2O5/c1-4-36-24-14-17-12-13-32-27(21(17)16-25(24)37-5-2)26(19-8-6-7-9-20(19)29(32)34)28(33)31-22-15-18(30)10-11-23(22)35-3/h6-11,14-16,26-27H,4-5,12-13H2,1-3H3,(H,31,33)/t26-,27+/m1/s1. The van der Waals surface area contributed by atoms with Crippen molar-refractivity contribution < 1.29 is 23.8 Å². The van der Waals surface area contributed by atoms with E-state index in [-0.39, 0.29) is 11.8 Å². The van der Waals surface area contributed by atoms with E-state index in [1.165, 1.54) is 7.11 Å². The van der Waals surface area contributed by atoms with Gasteiger partial charge in [-0.2, -0.15) is 0 Å². The molecule has 8 heteroatoms. The molecule has 0 saturated heterocycles. The largest absolute Gasteiger partial charge is 0.495 e. The Morgan fingerprint density at radius 2 is 1.73 bits per heavy atom. The lowest BCUT2D eigenvalue weighted by Crippen LogP contribution is -2.49. The van der Waals surface area contributed by atoms with E-state index in [9.17, 15) is 9.59 Å². The third kappa shape index (κ3) is 4.48. The average molecular weight is 521 g/mol. The molecule has 192 valence electrons. The van der Waals surface area contributed by atoms with Crippen LogP contribution in [-0.4, -0.2) is 43.6 Å². The normalized spacial score (nSPS) is 17.8. The van der Waals surface area contributed by atoms with Gasteiger partial charge in [0.2, 0.25) is 5.91 Å². The van der Waals surface area contributed by atoms with E-state index in [1.54, 1.807) is 29.2 Å². The van der Waals surface area contributed by atoms with Crippen LogP contribution in [0.2, 0.25) is 5.02 Å². The minimum absolute atomic E-state index is 0.0810. The highest BCUT2D eigenvalue weighted by Crippen LogP contribution is 2.49. The van der Waals surface area contributed by atoms with Crippen LogP contribution in [0.4, 0.5) is 5.69 Å². The molecule has 37 heavy (non-hydrogen) atoms. The number of nitrogens with zero attached hydrogens (tertiary/aromatic N) is 1. The van der Waals surface area contributed by atoms with Gasteiger partial charge in [-0.3, -0.25) is 9.59 Å². The van der Waals surface area contributed by atoms with Crippen LogP contribution in [0.25, 0.3) is 0 Å². The van der Waals surface area contributed by atoms with Gasteiger partial charge in [0.1, 0.15) is 5.75 Å². The van der Waals surface area contributed by atoms with Crippen molar-refractivity contribution in [3.8, 4) is 17.2 Å². The zero-order chi connectivity index (χ0) is 26.1. The van der Waals surface area contributed by atoms with Gasteiger partial charge < -0.3 is 24.4 Å². The molecule has 7 nitrogen and oxygen atoms in total. The third-order valence-electron chi connectivity index (χ3n) is 6.89. The van der Waals surface area contributed by atoms with Crippen LogP contribution in [0, 0.1) is 0 Å². The van der Waals surface area contributed by atoms with Crippen LogP contribution in [-0.2, 0) is 11.2 Å². The molecule has 0 aliphatic carbocycles. The van der Waals surface area contributed by atoms with Gasteiger partial charge in [-0.15, -0.1) is 0 Å². The molecule has 2 heterocycles. The van der Waals surface area contributed by atoms with Crippen molar-refractivity contribution in [2.75, 3.05) is 32.2 Å². The number of benzene rings is 3. The van der Waals surface area contributed by atoms with E-state index in [0.717, 1.165) is 11.1 Å². The summed E-state index contributed by atoms with van der Waals surface area (Å²) in [6.07, 6.45) is 0.655. The summed E-state index contributed by atoms with van der Waals surface area (Å²) in [6, 6.07) is 15.8. The molecular formula is C29H29ClN2O5. The Bertz CT molecular complexity index is 1360. The number of carbonyl (C=O) groups is 2. The Morgan fingerprint density at radius 1 is 1.00 bits per heavy atom. The lowest BCUT2D eigenvalue weighted by atomic mass is 9.75. The van der Waals surface area contributed by atoms with E-state index >= 15 is 0 Å². The number of methoxy groups -OCH3 is 1. The number of halogens is 1. The fraction of sp³-hybridized carbons (Fsp3) is 0.310. The molecule has 0 fully saturated rings. The molecular weight excluding hydrogens is 492 g/mol. The zero-order valence-electron chi connectivity index (χ0n) is 21.0. The molecule has 0 bridgehead atoms. The Balaban J connectivity index is 1.65. The van der Waals surface area contributed by atoms with Crippen molar-refractivity contribution in [2.24, 2.45) is 0 Å². The molecule has 0 radical (unpaired) electrons. The first-order chi connectivity index (χ1) is 18.0. The number of anilines is 1. The SMILES string of the molecule is CCOc1cc2c(cc1OCC)[C@H]1[C@H](C(=O)Nc3cc(Cl)ccc3OC)c3ccccc3C(=O)N1CC2. The second-order valence-electron chi connectivity index (χ2n) is 8.96. The summed E-state index contributed by atoms with van der Waals surface area (Å²) in [4.78, 5) is 29.5.